The van der Waals surface area contributed by atoms with E-state index in [2.05, 4.69) is 15.6 Å². The predicted molar refractivity (Wildman–Crippen MR) is 112 cm³/mol. The Kier molecular flexibility index (Phi) is 5.34. The summed E-state index contributed by atoms with van der Waals surface area (Å²) >= 11 is 0. The molecule has 148 valence electrons. The van der Waals surface area contributed by atoms with Crippen LogP contribution >= 0.6 is 0 Å². The van der Waals surface area contributed by atoms with Crippen LogP contribution in [0.5, 0.6) is 5.75 Å². The fourth-order valence-corrected chi connectivity index (χ4v) is 2.91. The van der Waals surface area contributed by atoms with Crippen LogP contribution < -0.4 is 5.43 Å². The minimum Gasteiger partial charge on any atom is -0.507 e. The Balaban J connectivity index is 1.65. The van der Waals surface area contributed by atoms with Crippen molar-refractivity contribution in [3.8, 4) is 22.7 Å². The number of nitrogens with one attached hydrogen (secondary N) is 1. The molecule has 3 aromatic carbocycles. The molecule has 0 spiro atoms. The Bertz CT molecular complexity index is 1200. The molecule has 0 aliphatic rings. The third kappa shape index (κ3) is 4.10. The van der Waals surface area contributed by atoms with Crippen LogP contribution in [-0.2, 0) is 0 Å². The maximum Gasteiger partial charge on any atom is 0.275 e. The van der Waals surface area contributed by atoms with Gasteiger partial charge in [-0.25, -0.2) is 14.5 Å². The first-order chi connectivity index (χ1) is 14.6. The van der Waals surface area contributed by atoms with Gasteiger partial charge < -0.3 is 5.11 Å². The Morgan fingerprint density at radius 1 is 1.00 bits per heavy atom. The quantitative estimate of drug-likeness (QED) is 0.390. The van der Waals surface area contributed by atoms with Gasteiger partial charge in [-0.05, 0) is 48.5 Å². The first kappa shape index (κ1) is 19.1. The average molecular weight is 400 g/mol. The van der Waals surface area contributed by atoms with Crippen molar-refractivity contribution in [3.63, 3.8) is 0 Å². The van der Waals surface area contributed by atoms with Crippen LogP contribution in [0, 0.1) is 5.82 Å². The van der Waals surface area contributed by atoms with Crippen LogP contribution in [0.1, 0.15) is 15.9 Å². The zero-order valence-electron chi connectivity index (χ0n) is 15.7. The number of phenols is 1. The molecule has 0 saturated carbocycles. The third-order valence-corrected chi connectivity index (χ3v) is 4.40. The molecule has 0 radical (unpaired) electrons. The van der Waals surface area contributed by atoms with Crippen molar-refractivity contribution in [3.05, 3.63) is 102 Å². The zero-order valence-corrected chi connectivity index (χ0v) is 15.7. The summed E-state index contributed by atoms with van der Waals surface area (Å²) in [5.74, 6) is -1.01. The molecule has 0 unspecified atom stereocenters. The maximum atomic E-state index is 13.3. The minimum absolute atomic E-state index is 0.119. The van der Waals surface area contributed by atoms with Crippen LogP contribution in [0.15, 0.2) is 90.2 Å². The number of phenolic OH excluding ortho intramolecular Hbond substituents is 1. The summed E-state index contributed by atoms with van der Waals surface area (Å²) in [6.45, 7) is 0. The average Bonchev–Trinajstić information content (AvgIpc) is 3.19. The Hall–Kier alpha value is -4.26. The van der Waals surface area contributed by atoms with E-state index in [0.717, 1.165) is 5.69 Å². The lowest BCUT2D eigenvalue weighted by atomic mass is 10.1. The number of aromatic nitrogens is 2. The van der Waals surface area contributed by atoms with E-state index in [9.17, 15) is 14.3 Å². The van der Waals surface area contributed by atoms with Gasteiger partial charge in [0.25, 0.3) is 5.91 Å². The monoisotopic (exact) mass is 400 g/mol. The van der Waals surface area contributed by atoms with Crippen LogP contribution in [-0.4, -0.2) is 27.0 Å². The molecule has 0 saturated heterocycles. The lowest BCUT2D eigenvalue weighted by molar-refractivity contribution is 0.0952. The number of carbonyl (C=O) groups excluding carboxylic acids is 1. The molecule has 6 nitrogen and oxygen atoms in total. The molecule has 7 heteroatoms. The largest absolute Gasteiger partial charge is 0.507 e. The summed E-state index contributed by atoms with van der Waals surface area (Å²) in [6, 6.07) is 21.7. The Labute approximate surface area is 171 Å². The van der Waals surface area contributed by atoms with Crippen molar-refractivity contribution in [2.75, 3.05) is 0 Å². The van der Waals surface area contributed by atoms with Crippen LogP contribution in [0.25, 0.3) is 16.9 Å². The predicted octanol–water partition coefficient (Wildman–Crippen LogP) is 4.15. The summed E-state index contributed by atoms with van der Waals surface area (Å²) in [4.78, 5) is 12.2. The number of carbonyl (C=O) groups is 1. The van der Waals surface area contributed by atoms with Crippen LogP contribution in [0.4, 0.5) is 4.39 Å². The molecule has 4 aromatic rings. The van der Waals surface area contributed by atoms with Gasteiger partial charge in [0.2, 0.25) is 0 Å². The molecule has 0 aliphatic carbocycles. The summed E-state index contributed by atoms with van der Waals surface area (Å²) in [5.41, 5.74) is 5.28. The highest BCUT2D eigenvalue weighted by Crippen LogP contribution is 2.23. The summed E-state index contributed by atoms with van der Waals surface area (Å²) in [5, 5.41) is 18.4. The number of aromatic hydroxyl groups is 1. The number of hydrogen-bond acceptors (Lipinski definition) is 4. The van der Waals surface area contributed by atoms with Gasteiger partial charge in [-0.2, -0.15) is 10.2 Å². The number of para-hydroxylation sites is 2. The van der Waals surface area contributed by atoms with Crippen LogP contribution in [0.3, 0.4) is 0 Å². The van der Waals surface area contributed by atoms with Gasteiger partial charge in [0.05, 0.1) is 17.5 Å². The van der Waals surface area contributed by atoms with Crippen molar-refractivity contribution in [1.29, 1.82) is 0 Å². The second kappa shape index (κ2) is 8.40. The fourth-order valence-electron chi connectivity index (χ4n) is 2.91. The van der Waals surface area contributed by atoms with E-state index in [1.807, 2.05) is 30.3 Å². The van der Waals surface area contributed by atoms with E-state index in [1.165, 1.54) is 30.5 Å². The molecule has 4 rings (SSSR count). The van der Waals surface area contributed by atoms with Gasteiger partial charge in [0.15, 0.2) is 0 Å². The number of hydrazone groups is 1. The van der Waals surface area contributed by atoms with Crippen molar-refractivity contribution >= 4 is 12.1 Å². The lowest BCUT2D eigenvalue weighted by Gasteiger charge is -2.02. The summed E-state index contributed by atoms with van der Waals surface area (Å²) in [6.07, 6.45) is 3.23. The molecule has 30 heavy (non-hydrogen) atoms. The van der Waals surface area contributed by atoms with Gasteiger partial charge in [0, 0.05) is 17.3 Å². The van der Waals surface area contributed by atoms with Gasteiger partial charge in [-0.3, -0.25) is 4.79 Å². The molecule has 2 N–H and O–H groups in total. The lowest BCUT2D eigenvalue weighted by Crippen LogP contribution is -2.17. The van der Waals surface area contributed by atoms with E-state index in [0.29, 0.717) is 16.8 Å². The Morgan fingerprint density at radius 3 is 2.43 bits per heavy atom. The van der Waals surface area contributed by atoms with E-state index in [-0.39, 0.29) is 17.1 Å². The fraction of sp³-hybridized carbons (Fsp3) is 0. The summed E-state index contributed by atoms with van der Waals surface area (Å²) in [7, 11) is 0. The van der Waals surface area contributed by atoms with Gasteiger partial charge in [0.1, 0.15) is 17.3 Å². The smallest absolute Gasteiger partial charge is 0.275 e. The van der Waals surface area contributed by atoms with E-state index >= 15 is 0 Å². The molecule has 0 fully saturated rings. The normalized spacial score (nSPS) is 11.0. The minimum atomic E-state index is -0.539. The molecule has 1 heterocycles. The van der Waals surface area contributed by atoms with Gasteiger partial charge in [-0.15, -0.1) is 0 Å². The van der Waals surface area contributed by atoms with Gasteiger partial charge >= 0.3 is 0 Å². The SMILES string of the molecule is O=C(NN=Cc1cn(-c2ccccc2)nc1-c1ccc(F)cc1)c1ccccc1O. The Morgan fingerprint density at radius 2 is 1.70 bits per heavy atom. The standard InChI is InChI=1S/C23H17FN4O2/c24-18-12-10-16(11-13-18)22-17(15-28(27-22)19-6-2-1-3-7-19)14-25-26-23(30)20-8-4-5-9-21(20)29/h1-15,29H,(H,26,30). The topological polar surface area (TPSA) is 79.5 Å². The van der Waals surface area contributed by atoms with Crippen molar-refractivity contribution in [1.82, 2.24) is 15.2 Å². The second-order valence-electron chi connectivity index (χ2n) is 6.44. The zero-order chi connectivity index (χ0) is 20.9. The highest BCUT2D eigenvalue weighted by atomic mass is 19.1. The van der Waals surface area contributed by atoms with Crippen molar-refractivity contribution in [2.24, 2.45) is 5.10 Å². The molecule has 0 aliphatic heterocycles. The number of halogens is 1. The van der Waals surface area contributed by atoms with E-state index in [1.54, 1.807) is 35.1 Å². The summed E-state index contributed by atoms with van der Waals surface area (Å²) < 4.78 is 15.0. The number of hydrogen-bond donors (Lipinski definition) is 2. The molecule has 1 aromatic heterocycles. The highest BCUT2D eigenvalue weighted by Gasteiger charge is 2.12. The van der Waals surface area contributed by atoms with E-state index in [4.69, 9.17) is 0 Å². The van der Waals surface area contributed by atoms with Crippen molar-refractivity contribution in [2.45, 2.75) is 0 Å². The number of nitrogens with zero attached hydrogens (tertiary/aromatic N) is 3. The van der Waals surface area contributed by atoms with Crippen molar-refractivity contribution < 1.29 is 14.3 Å². The van der Waals surface area contributed by atoms with E-state index < -0.39 is 5.91 Å². The number of rotatable bonds is 5. The first-order valence-corrected chi connectivity index (χ1v) is 9.14. The third-order valence-electron chi connectivity index (χ3n) is 4.40. The molecular formula is C23H17FN4O2. The second-order valence-corrected chi connectivity index (χ2v) is 6.44. The highest BCUT2D eigenvalue weighted by molar-refractivity contribution is 5.97. The molecular weight excluding hydrogens is 383 g/mol. The van der Waals surface area contributed by atoms with Crippen LogP contribution in [0.2, 0.25) is 0 Å². The molecule has 0 bridgehead atoms. The molecule has 0 atom stereocenters. The molecule has 1 amide bonds. The first-order valence-electron chi connectivity index (χ1n) is 9.14. The maximum absolute atomic E-state index is 13.3. The number of amides is 1. The number of benzene rings is 3. The van der Waals surface area contributed by atoms with Gasteiger partial charge in [-0.1, -0.05) is 30.3 Å².